The van der Waals surface area contributed by atoms with Crippen molar-refractivity contribution in [3.8, 4) is 0 Å². The standard InChI is InChI=1S/C12H16N6O/c1-3-18(4-2)11-6-5-9(7-13-11)15-12(19)10-8-14-17-16-10/h5-8H,3-4H2,1-2H3,(H,15,19)(H,14,16,17). The minimum Gasteiger partial charge on any atom is -0.357 e. The summed E-state index contributed by atoms with van der Waals surface area (Å²) in [6.45, 7) is 5.94. The van der Waals surface area contributed by atoms with Gasteiger partial charge in [0.15, 0.2) is 5.69 Å². The molecule has 0 aromatic carbocycles. The van der Waals surface area contributed by atoms with Crippen molar-refractivity contribution in [3.05, 3.63) is 30.2 Å². The largest absolute Gasteiger partial charge is 0.357 e. The van der Waals surface area contributed by atoms with Crippen LogP contribution in [0.1, 0.15) is 24.3 Å². The first-order valence-corrected chi connectivity index (χ1v) is 6.12. The highest BCUT2D eigenvalue weighted by Gasteiger charge is 2.09. The number of amides is 1. The number of hydrogen-bond donors (Lipinski definition) is 2. The van der Waals surface area contributed by atoms with Gasteiger partial charge < -0.3 is 10.2 Å². The molecule has 0 atom stereocenters. The van der Waals surface area contributed by atoms with Crippen molar-refractivity contribution in [1.29, 1.82) is 0 Å². The highest BCUT2D eigenvalue weighted by atomic mass is 16.2. The maximum Gasteiger partial charge on any atom is 0.277 e. The summed E-state index contributed by atoms with van der Waals surface area (Å²) < 4.78 is 0. The molecule has 2 rings (SSSR count). The molecule has 100 valence electrons. The molecule has 0 unspecified atom stereocenters. The Bertz CT molecular complexity index is 518. The summed E-state index contributed by atoms with van der Waals surface area (Å²) >= 11 is 0. The van der Waals surface area contributed by atoms with Crippen LogP contribution in [0.25, 0.3) is 0 Å². The van der Waals surface area contributed by atoms with Gasteiger partial charge in [-0.3, -0.25) is 4.79 Å². The van der Waals surface area contributed by atoms with Gasteiger partial charge in [0.05, 0.1) is 18.1 Å². The molecule has 1 amide bonds. The summed E-state index contributed by atoms with van der Waals surface area (Å²) in [5.74, 6) is 0.579. The van der Waals surface area contributed by atoms with Crippen molar-refractivity contribution in [2.75, 3.05) is 23.3 Å². The van der Waals surface area contributed by atoms with E-state index in [1.54, 1.807) is 6.20 Å². The zero-order valence-electron chi connectivity index (χ0n) is 10.9. The second-order valence-electron chi connectivity index (χ2n) is 3.89. The number of anilines is 2. The van der Waals surface area contributed by atoms with Gasteiger partial charge in [0.2, 0.25) is 0 Å². The molecule has 0 spiro atoms. The van der Waals surface area contributed by atoms with Gasteiger partial charge in [-0.2, -0.15) is 15.4 Å². The molecule has 0 radical (unpaired) electrons. The van der Waals surface area contributed by atoms with Crippen LogP contribution in [0.2, 0.25) is 0 Å². The van der Waals surface area contributed by atoms with Crippen LogP contribution in [0.3, 0.4) is 0 Å². The monoisotopic (exact) mass is 260 g/mol. The highest BCUT2D eigenvalue weighted by Crippen LogP contribution is 2.14. The molecule has 2 aromatic heterocycles. The Hall–Kier alpha value is -2.44. The third-order valence-corrected chi connectivity index (χ3v) is 2.74. The lowest BCUT2D eigenvalue weighted by atomic mass is 10.3. The van der Waals surface area contributed by atoms with E-state index in [2.05, 4.69) is 44.5 Å². The number of nitrogens with one attached hydrogen (secondary N) is 2. The Morgan fingerprint density at radius 3 is 2.63 bits per heavy atom. The molecule has 19 heavy (non-hydrogen) atoms. The third-order valence-electron chi connectivity index (χ3n) is 2.74. The van der Waals surface area contributed by atoms with E-state index in [-0.39, 0.29) is 11.6 Å². The minimum atomic E-state index is -0.314. The molecule has 2 heterocycles. The summed E-state index contributed by atoms with van der Waals surface area (Å²) in [6, 6.07) is 3.70. The predicted molar refractivity (Wildman–Crippen MR) is 72.1 cm³/mol. The summed E-state index contributed by atoms with van der Waals surface area (Å²) in [4.78, 5) is 18.2. The van der Waals surface area contributed by atoms with Crippen molar-refractivity contribution >= 4 is 17.4 Å². The fourth-order valence-electron chi connectivity index (χ4n) is 1.70. The van der Waals surface area contributed by atoms with E-state index in [1.807, 2.05) is 12.1 Å². The molecule has 0 saturated heterocycles. The zero-order chi connectivity index (χ0) is 13.7. The van der Waals surface area contributed by atoms with Crippen LogP contribution in [0.15, 0.2) is 24.5 Å². The summed E-state index contributed by atoms with van der Waals surface area (Å²) in [5, 5.41) is 12.4. The lowest BCUT2D eigenvalue weighted by Gasteiger charge is -2.19. The first-order valence-electron chi connectivity index (χ1n) is 6.12. The molecule has 0 aliphatic heterocycles. The van der Waals surface area contributed by atoms with Crippen LogP contribution in [0.4, 0.5) is 11.5 Å². The number of aromatic nitrogens is 4. The first kappa shape index (κ1) is 13.0. The lowest BCUT2D eigenvalue weighted by Crippen LogP contribution is -2.22. The van der Waals surface area contributed by atoms with Crippen LogP contribution in [0.5, 0.6) is 0 Å². The molecule has 2 aromatic rings. The van der Waals surface area contributed by atoms with Crippen LogP contribution in [-0.4, -0.2) is 39.4 Å². The van der Waals surface area contributed by atoms with Crippen LogP contribution < -0.4 is 10.2 Å². The van der Waals surface area contributed by atoms with Gasteiger partial charge >= 0.3 is 0 Å². The molecule has 0 aliphatic rings. The number of rotatable bonds is 5. The Balaban J connectivity index is 2.05. The number of aromatic amines is 1. The van der Waals surface area contributed by atoms with E-state index in [1.165, 1.54) is 6.20 Å². The van der Waals surface area contributed by atoms with Gasteiger partial charge in [-0.05, 0) is 26.0 Å². The van der Waals surface area contributed by atoms with Crippen LogP contribution in [0, 0.1) is 0 Å². The molecule has 0 aliphatic carbocycles. The second-order valence-corrected chi connectivity index (χ2v) is 3.89. The van der Waals surface area contributed by atoms with E-state index >= 15 is 0 Å². The van der Waals surface area contributed by atoms with E-state index in [0.29, 0.717) is 5.69 Å². The average Bonchev–Trinajstić information content (AvgIpc) is 2.96. The SMILES string of the molecule is CCN(CC)c1ccc(NC(=O)c2cn[nH]n2)cn1. The molecule has 2 N–H and O–H groups in total. The predicted octanol–water partition coefficient (Wildman–Crippen LogP) is 1.30. The van der Waals surface area contributed by atoms with Crippen LogP contribution in [-0.2, 0) is 0 Å². The van der Waals surface area contributed by atoms with Gasteiger partial charge in [0.25, 0.3) is 5.91 Å². The summed E-state index contributed by atoms with van der Waals surface area (Å²) in [7, 11) is 0. The minimum absolute atomic E-state index is 0.243. The Labute approximate surface area is 111 Å². The van der Waals surface area contributed by atoms with Crippen molar-refractivity contribution in [1.82, 2.24) is 20.4 Å². The highest BCUT2D eigenvalue weighted by molar-refractivity contribution is 6.02. The zero-order valence-corrected chi connectivity index (χ0v) is 10.9. The maximum absolute atomic E-state index is 11.7. The average molecular weight is 260 g/mol. The number of H-pyrrole nitrogens is 1. The number of carbonyl (C=O) groups is 1. The molecule has 0 saturated carbocycles. The lowest BCUT2D eigenvalue weighted by molar-refractivity contribution is 0.102. The van der Waals surface area contributed by atoms with E-state index in [0.717, 1.165) is 18.9 Å². The first-order chi connectivity index (χ1) is 9.24. The van der Waals surface area contributed by atoms with Gasteiger partial charge in [-0.1, -0.05) is 0 Å². The molecule has 7 nitrogen and oxygen atoms in total. The topological polar surface area (TPSA) is 86.8 Å². The number of nitrogens with zero attached hydrogens (tertiary/aromatic N) is 4. The van der Waals surface area contributed by atoms with Crippen molar-refractivity contribution in [2.24, 2.45) is 0 Å². The molecule has 0 fully saturated rings. The number of pyridine rings is 1. The third kappa shape index (κ3) is 3.06. The van der Waals surface area contributed by atoms with Crippen molar-refractivity contribution in [2.45, 2.75) is 13.8 Å². The van der Waals surface area contributed by atoms with Gasteiger partial charge in [0, 0.05) is 13.1 Å². The second kappa shape index (κ2) is 5.94. The molecule has 0 bridgehead atoms. The molecule has 7 heteroatoms. The van der Waals surface area contributed by atoms with Gasteiger partial charge in [-0.25, -0.2) is 4.98 Å². The normalized spacial score (nSPS) is 10.2. The number of carbonyl (C=O) groups excluding carboxylic acids is 1. The smallest absolute Gasteiger partial charge is 0.277 e. The Morgan fingerprint density at radius 2 is 2.11 bits per heavy atom. The van der Waals surface area contributed by atoms with Crippen molar-refractivity contribution < 1.29 is 4.79 Å². The van der Waals surface area contributed by atoms with Crippen LogP contribution >= 0.6 is 0 Å². The van der Waals surface area contributed by atoms with E-state index in [4.69, 9.17) is 0 Å². The van der Waals surface area contributed by atoms with E-state index in [9.17, 15) is 4.79 Å². The quantitative estimate of drug-likeness (QED) is 0.846. The van der Waals surface area contributed by atoms with E-state index < -0.39 is 0 Å². The Morgan fingerprint density at radius 1 is 1.32 bits per heavy atom. The molecular formula is C12H16N6O. The number of hydrogen-bond acceptors (Lipinski definition) is 5. The summed E-state index contributed by atoms with van der Waals surface area (Å²) in [5.41, 5.74) is 0.872. The van der Waals surface area contributed by atoms with Crippen molar-refractivity contribution in [3.63, 3.8) is 0 Å². The fourth-order valence-corrected chi connectivity index (χ4v) is 1.70. The fraction of sp³-hybridized carbons (Fsp3) is 0.333. The summed E-state index contributed by atoms with van der Waals surface area (Å²) in [6.07, 6.45) is 3.00. The Kier molecular flexibility index (Phi) is 4.07. The van der Waals surface area contributed by atoms with Gasteiger partial charge in [-0.15, -0.1) is 0 Å². The maximum atomic E-state index is 11.7. The molecular weight excluding hydrogens is 244 g/mol. The van der Waals surface area contributed by atoms with Gasteiger partial charge in [0.1, 0.15) is 5.82 Å².